The van der Waals surface area contributed by atoms with Crippen molar-refractivity contribution in [2.24, 2.45) is 0 Å². The molecule has 0 spiro atoms. The van der Waals surface area contributed by atoms with Crippen molar-refractivity contribution in [2.75, 3.05) is 13.6 Å². The molecule has 1 aromatic rings. The number of aliphatic hydroxyl groups is 5. The van der Waals surface area contributed by atoms with E-state index in [9.17, 15) is 24.3 Å². The predicted octanol–water partition coefficient (Wildman–Crippen LogP) is -3.89. The lowest BCUT2D eigenvalue weighted by atomic mass is 10.1. The maximum absolute atomic E-state index is 9.77. The number of aliphatic carboxylic acids is 4. The highest BCUT2D eigenvalue weighted by Gasteiger charge is 2.30. The fourth-order valence-electron chi connectivity index (χ4n) is 1.60. The molecule has 0 bridgehead atoms. The van der Waals surface area contributed by atoms with Crippen molar-refractivity contribution in [3.05, 3.63) is 23.8 Å². The van der Waals surface area contributed by atoms with Crippen molar-refractivity contribution in [1.82, 2.24) is 5.32 Å². The van der Waals surface area contributed by atoms with Gasteiger partial charge in [-0.25, -0.2) is 19.2 Å². The van der Waals surface area contributed by atoms with E-state index in [0.29, 0.717) is 12.1 Å². The fourth-order valence-corrected chi connectivity index (χ4v) is 1.60. The summed E-state index contributed by atoms with van der Waals surface area (Å²) in [7, 11) is 1.73. The first-order valence-electron chi connectivity index (χ1n) is 8.56. The van der Waals surface area contributed by atoms with Crippen molar-refractivity contribution >= 4 is 23.9 Å². The number of aromatic hydroxyl groups is 2. The van der Waals surface area contributed by atoms with Crippen LogP contribution in [0.3, 0.4) is 0 Å². The van der Waals surface area contributed by atoms with Gasteiger partial charge in [-0.3, -0.25) is 0 Å². The summed E-state index contributed by atoms with van der Waals surface area (Å²) in [6.45, 7) is 0.407. The van der Waals surface area contributed by atoms with Crippen molar-refractivity contribution in [2.45, 2.75) is 30.5 Å². The SMILES string of the molecule is CNCC(O)c1ccc(O)c(O)c1.O=C(O)C(O)C(O)C(=O)O.O=C(O)C(O)C(O)C(=O)O. The smallest absolute Gasteiger partial charge is 0.335 e. The summed E-state index contributed by atoms with van der Waals surface area (Å²) in [6, 6.07) is 4.26. The van der Waals surface area contributed by atoms with Crippen LogP contribution >= 0.6 is 0 Å². The molecule has 0 fully saturated rings. The average molecular weight is 483 g/mol. The highest BCUT2D eigenvalue weighted by atomic mass is 16.4. The van der Waals surface area contributed by atoms with Crippen molar-refractivity contribution in [3.8, 4) is 11.5 Å². The second kappa shape index (κ2) is 15.3. The van der Waals surface area contributed by atoms with Gasteiger partial charge in [0.05, 0.1) is 6.10 Å². The molecule has 0 amide bonds. The standard InChI is InChI=1S/C9H13NO3.2C4H6O6/c1-10-5-9(13)6-2-3-7(11)8(12)4-6;2*5-1(3(7)8)2(6)4(9)10/h2-4,9-13H,5H2,1H3;2*1-2,5-6H,(H,7,8)(H,9,10). The summed E-state index contributed by atoms with van der Waals surface area (Å²) < 4.78 is 0. The van der Waals surface area contributed by atoms with Crippen LogP contribution in [0.5, 0.6) is 11.5 Å². The minimum Gasteiger partial charge on any atom is -0.504 e. The first kappa shape index (κ1) is 31.6. The number of phenols is 2. The Morgan fingerprint density at radius 1 is 0.697 bits per heavy atom. The number of rotatable bonds is 9. The molecule has 1 rings (SSSR count). The quantitative estimate of drug-likeness (QED) is 0.149. The van der Waals surface area contributed by atoms with Crippen LogP contribution in [-0.2, 0) is 19.2 Å². The molecule has 33 heavy (non-hydrogen) atoms. The lowest BCUT2D eigenvalue weighted by Crippen LogP contribution is -2.39. The molecular weight excluding hydrogens is 458 g/mol. The second-order valence-electron chi connectivity index (χ2n) is 5.95. The number of carboxylic acid groups (broad SMARTS) is 4. The zero-order chi connectivity index (χ0) is 26.5. The summed E-state index contributed by atoms with van der Waals surface area (Å²) in [5.41, 5.74) is 0.574. The Bertz CT molecular complexity index is 727. The van der Waals surface area contributed by atoms with E-state index in [-0.39, 0.29) is 11.5 Å². The van der Waals surface area contributed by atoms with Crippen molar-refractivity contribution < 1.29 is 75.3 Å². The molecule has 16 heteroatoms. The first-order chi connectivity index (χ1) is 15.1. The maximum Gasteiger partial charge on any atom is 0.335 e. The average Bonchev–Trinajstić information content (AvgIpc) is 2.74. The predicted molar refractivity (Wildman–Crippen MR) is 103 cm³/mol. The first-order valence-corrected chi connectivity index (χ1v) is 8.56. The number of carboxylic acids is 4. The molecule has 16 nitrogen and oxygen atoms in total. The zero-order valence-corrected chi connectivity index (χ0v) is 16.9. The molecule has 0 aliphatic heterocycles. The molecule has 0 saturated heterocycles. The zero-order valence-electron chi connectivity index (χ0n) is 16.9. The number of nitrogens with one attached hydrogen (secondary N) is 1. The van der Waals surface area contributed by atoms with Gasteiger partial charge in [0.2, 0.25) is 0 Å². The van der Waals surface area contributed by atoms with Gasteiger partial charge in [-0.1, -0.05) is 6.07 Å². The molecule has 0 aliphatic carbocycles. The monoisotopic (exact) mass is 483 g/mol. The van der Waals surface area contributed by atoms with E-state index in [1.54, 1.807) is 13.1 Å². The maximum atomic E-state index is 9.77. The van der Waals surface area contributed by atoms with E-state index in [1.807, 2.05) is 0 Å². The third-order valence-corrected chi connectivity index (χ3v) is 3.39. The number of phenolic OH excluding ortho intramolecular Hbond substituents is 2. The summed E-state index contributed by atoms with van der Waals surface area (Å²) in [5.74, 6) is -7.47. The summed E-state index contributed by atoms with van der Waals surface area (Å²) in [4.78, 5) is 39.1. The van der Waals surface area contributed by atoms with Crippen LogP contribution in [0.1, 0.15) is 11.7 Å². The van der Waals surface area contributed by atoms with Crippen LogP contribution in [0.4, 0.5) is 0 Å². The van der Waals surface area contributed by atoms with E-state index < -0.39 is 54.4 Å². The Labute approximate surface area is 184 Å². The Hall–Kier alpha value is -3.54. The Morgan fingerprint density at radius 3 is 1.27 bits per heavy atom. The van der Waals surface area contributed by atoms with E-state index in [0.717, 1.165) is 0 Å². The summed E-state index contributed by atoms with van der Waals surface area (Å²) in [6.07, 6.45) is -9.73. The molecular formula is C17H25NO15. The van der Waals surface area contributed by atoms with Gasteiger partial charge < -0.3 is 61.5 Å². The number of likely N-dealkylation sites (N-methyl/N-ethyl adjacent to an activating group) is 1. The molecule has 5 atom stereocenters. The number of carbonyl (C=O) groups is 4. The molecule has 0 radical (unpaired) electrons. The van der Waals surface area contributed by atoms with Gasteiger partial charge in [0, 0.05) is 6.54 Å². The van der Waals surface area contributed by atoms with Crippen LogP contribution in [-0.4, -0.2) is 118 Å². The highest BCUT2D eigenvalue weighted by Crippen LogP contribution is 2.27. The molecule has 5 unspecified atom stereocenters. The van der Waals surface area contributed by atoms with Gasteiger partial charge in [0.1, 0.15) is 0 Å². The van der Waals surface area contributed by atoms with Crippen LogP contribution in [0.25, 0.3) is 0 Å². The van der Waals surface area contributed by atoms with E-state index in [1.165, 1.54) is 12.1 Å². The minimum atomic E-state index is -2.27. The third kappa shape index (κ3) is 12.2. The minimum absolute atomic E-state index is 0.180. The molecule has 0 aromatic heterocycles. The molecule has 1 aromatic carbocycles. The number of aliphatic hydroxyl groups excluding tert-OH is 5. The Balaban J connectivity index is 0. The third-order valence-electron chi connectivity index (χ3n) is 3.39. The van der Waals surface area contributed by atoms with Gasteiger partial charge in [-0.15, -0.1) is 0 Å². The summed E-state index contributed by atoms with van der Waals surface area (Å²) >= 11 is 0. The highest BCUT2D eigenvalue weighted by molar-refractivity contribution is 5.83. The lowest BCUT2D eigenvalue weighted by molar-refractivity contribution is -0.165. The van der Waals surface area contributed by atoms with Crippen LogP contribution in [0, 0.1) is 0 Å². The topological polar surface area (TPSA) is 303 Å². The van der Waals surface area contributed by atoms with Gasteiger partial charge in [0.15, 0.2) is 35.9 Å². The molecule has 0 aliphatic rings. The Morgan fingerprint density at radius 2 is 1.03 bits per heavy atom. The van der Waals surface area contributed by atoms with Crippen LogP contribution in [0.15, 0.2) is 18.2 Å². The second-order valence-corrected chi connectivity index (χ2v) is 5.95. The molecule has 0 saturated carbocycles. The summed E-state index contributed by atoms with van der Waals surface area (Å²) in [5, 5.41) is 95.5. The van der Waals surface area contributed by atoms with Gasteiger partial charge >= 0.3 is 23.9 Å². The van der Waals surface area contributed by atoms with Crippen LogP contribution < -0.4 is 5.32 Å². The number of hydrogen-bond acceptors (Lipinski definition) is 12. The normalized spacial score (nSPS) is 14.6. The molecule has 12 N–H and O–H groups in total. The van der Waals surface area contributed by atoms with Crippen molar-refractivity contribution in [1.29, 1.82) is 0 Å². The molecule has 188 valence electrons. The van der Waals surface area contributed by atoms with Crippen LogP contribution in [0.2, 0.25) is 0 Å². The number of hydrogen-bond donors (Lipinski definition) is 12. The van der Waals surface area contributed by atoms with Gasteiger partial charge in [-0.2, -0.15) is 0 Å². The van der Waals surface area contributed by atoms with E-state index in [4.69, 9.17) is 51.1 Å². The van der Waals surface area contributed by atoms with Crippen molar-refractivity contribution in [3.63, 3.8) is 0 Å². The van der Waals surface area contributed by atoms with Gasteiger partial charge in [-0.05, 0) is 24.7 Å². The fraction of sp³-hybridized carbons (Fsp3) is 0.412. The molecule has 0 heterocycles. The lowest BCUT2D eigenvalue weighted by Gasteiger charge is -2.10. The number of benzene rings is 1. The Kier molecular flexibility index (Phi) is 14.7. The van der Waals surface area contributed by atoms with E-state index in [2.05, 4.69) is 5.32 Å². The largest absolute Gasteiger partial charge is 0.504 e. The van der Waals surface area contributed by atoms with E-state index >= 15 is 0 Å². The van der Waals surface area contributed by atoms with Gasteiger partial charge in [0.25, 0.3) is 0 Å².